The van der Waals surface area contributed by atoms with Gasteiger partial charge in [-0.05, 0) is 26.0 Å². The van der Waals surface area contributed by atoms with E-state index in [9.17, 15) is 9.90 Å². The van der Waals surface area contributed by atoms with Crippen LogP contribution in [-0.4, -0.2) is 36.3 Å². The van der Waals surface area contributed by atoms with Crippen molar-refractivity contribution >= 4 is 18.0 Å². The van der Waals surface area contributed by atoms with Gasteiger partial charge < -0.3 is 24.7 Å². The molecule has 3 N–H and O–H groups in total. The van der Waals surface area contributed by atoms with Crippen LogP contribution in [0.1, 0.15) is 19.6 Å². The van der Waals surface area contributed by atoms with Crippen molar-refractivity contribution in [2.24, 2.45) is 15.9 Å². The first-order valence-corrected chi connectivity index (χ1v) is 6.23. The number of aliphatic hydroxyl groups is 1. The zero-order valence-corrected chi connectivity index (χ0v) is 11.8. The molecule has 0 saturated heterocycles. The molecule has 0 bridgehead atoms. The second-order valence-corrected chi connectivity index (χ2v) is 3.58. The topological polar surface area (TPSA) is 120 Å². The Morgan fingerprint density at radius 2 is 2.14 bits per heavy atom. The summed E-state index contributed by atoms with van der Waals surface area (Å²) in [6.07, 6.45) is 2.77. The first-order chi connectivity index (χ1) is 10.1. The van der Waals surface area contributed by atoms with E-state index in [0.29, 0.717) is 5.76 Å². The van der Waals surface area contributed by atoms with E-state index in [1.54, 1.807) is 26.0 Å². The average molecular weight is 295 g/mol. The number of esters is 1. The summed E-state index contributed by atoms with van der Waals surface area (Å²) in [5.41, 5.74) is 5.25. The van der Waals surface area contributed by atoms with Crippen LogP contribution < -0.4 is 5.73 Å². The molecule has 0 aromatic carbocycles. The van der Waals surface area contributed by atoms with Crippen LogP contribution in [0.15, 0.2) is 44.5 Å². The van der Waals surface area contributed by atoms with E-state index in [4.69, 9.17) is 19.6 Å². The van der Waals surface area contributed by atoms with Crippen molar-refractivity contribution in [2.75, 3.05) is 13.2 Å². The van der Waals surface area contributed by atoms with Gasteiger partial charge in [-0.15, -0.1) is 5.10 Å². The molecule has 114 valence electrons. The number of aliphatic hydroxyl groups excluding tert-OH is 1. The van der Waals surface area contributed by atoms with Gasteiger partial charge in [0.15, 0.2) is 11.4 Å². The minimum absolute atomic E-state index is 0.116. The van der Waals surface area contributed by atoms with Gasteiger partial charge in [-0.2, -0.15) is 5.10 Å². The standard InChI is InChI=1S/C13H17N3O5/c1-3-19-12(17)10(13(18)20-4-2)11(14)16-15-8-9-6-5-7-21-9/h5-8,17H,3-4H2,1-2H3,(H2,14,16)/b12-10-,15-8?. The Morgan fingerprint density at radius 1 is 1.43 bits per heavy atom. The highest BCUT2D eigenvalue weighted by Gasteiger charge is 2.22. The first-order valence-electron chi connectivity index (χ1n) is 6.23. The first kappa shape index (κ1) is 16.3. The van der Waals surface area contributed by atoms with Crippen molar-refractivity contribution in [3.63, 3.8) is 0 Å². The molecule has 0 aliphatic carbocycles. The van der Waals surface area contributed by atoms with Gasteiger partial charge in [0.25, 0.3) is 5.95 Å². The minimum atomic E-state index is -0.849. The van der Waals surface area contributed by atoms with Crippen molar-refractivity contribution in [3.8, 4) is 0 Å². The summed E-state index contributed by atoms with van der Waals surface area (Å²) in [5, 5.41) is 17.0. The lowest BCUT2D eigenvalue weighted by Crippen LogP contribution is -2.25. The summed E-state index contributed by atoms with van der Waals surface area (Å²) in [6.45, 7) is 3.53. The Kier molecular flexibility index (Phi) is 6.52. The van der Waals surface area contributed by atoms with Crippen molar-refractivity contribution in [3.05, 3.63) is 35.7 Å². The molecule has 8 heteroatoms. The number of nitrogens with two attached hydrogens (primary N) is 1. The predicted octanol–water partition coefficient (Wildman–Crippen LogP) is 1.34. The molecule has 21 heavy (non-hydrogen) atoms. The number of nitrogens with zero attached hydrogens (tertiary/aromatic N) is 2. The Bertz CT molecular complexity index is 546. The smallest absolute Gasteiger partial charge is 0.349 e. The molecule has 1 heterocycles. The van der Waals surface area contributed by atoms with Crippen molar-refractivity contribution in [1.82, 2.24) is 0 Å². The van der Waals surface area contributed by atoms with E-state index in [1.165, 1.54) is 12.5 Å². The third-order valence-electron chi connectivity index (χ3n) is 2.12. The number of amidine groups is 1. The average Bonchev–Trinajstić information content (AvgIpc) is 2.92. The second kappa shape index (κ2) is 8.41. The van der Waals surface area contributed by atoms with Gasteiger partial charge >= 0.3 is 5.97 Å². The third kappa shape index (κ3) is 5.01. The molecule has 0 atom stereocenters. The summed E-state index contributed by atoms with van der Waals surface area (Å²) in [4.78, 5) is 11.7. The van der Waals surface area contributed by atoms with E-state index in [-0.39, 0.29) is 24.6 Å². The normalized spacial score (nSPS) is 13.1. The van der Waals surface area contributed by atoms with Crippen LogP contribution in [0.2, 0.25) is 0 Å². The lowest BCUT2D eigenvalue weighted by Gasteiger charge is -2.08. The highest BCUT2D eigenvalue weighted by molar-refractivity contribution is 6.18. The predicted molar refractivity (Wildman–Crippen MR) is 75.8 cm³/mol. The molecular formula is C13H17N3O5. The fourth-order valence-corrected chi connectivity index (χ4v) is 1.28. The number of carbonyl (C=O) groups excluding carboxylic acids is 1. The van der Waals surface area contributed by atoms with E-state index in [1.807, 2.05) is 0 Å². The van der Waals surface area contributed by atoms with Crippen LogP contribution >= 0.6 is 0 Å². The van der Waals surface area contributed by atoms with Crippen molar-refractivity contribution in [2.45, 2.75) is 13.8 Å². The summed E-state index contributed by atoms with van der Waals surface area (Å²) in [6, 6.07) is 3.34. The maximum absolute atomic E-state index is 11.7. The van der Waals surface area contributed by atoms with Crippen LogP contribution in [0, 0.1) is 0 Å². The summed E-state index contributed by atoms with van der Waals surface area (Å²) < 4.78 is 14.6. The maximum atomic E-state index is 11.7. The number of furan rings is 1. The highest BCUT2D eigenvalue weighted by Crippen LogP contribution is 2.07. The number of hydrogen-bond donors (Lipinski definition) is 2. The van der Waals surface area contributed by atoms with E-state index < -0.39 is 11.9 Å². The van der Waals surface area contributed by atoms with Gasteiger partial charge in [0.1, 0.15) is 5.76 Å². The van der Waals surface area contributed by atoms with Gasteiger partial charge in [-0.3, -0.25) is 0 Å². The fraction of sp³-hybridized carbons (Fsp3) is 0.308. The van der Waals surface area contributed by atoms with Gasteiger partial charge in [-0.1, -0.05) is 0 Å². The maximum Gasteiger partial charge on any atom is 0.349 e. The Hall–Kier alpha value is -2.77. The SMILES string of the molecule is CCOC(=O)C(/C(N)=N/N=Cc1ccco1)=C(/O)OCC. The fourth-order valence-electron chi connectivity index (χ4n) is 1.28. The second-order valence-electron chi connectivity index (χ2n) is 3.58. The highest BCUT2D eigenvalue weighted by atomic mass is 16.6. The molecular weight excluding hydrogens is 278 g/mol. The summed E-state index contributed by atoms with van der Waals surface area (Å²) in [7, 11) is 0. The molecule has 0 aliphatic rings. The Labute approximate surface area is 121 Å². The van der Waals surface area contributed by atoms with Gasteiger partial charge in [0.05, 0.1) is 25.7 Å². The van der Waals surface area contributed by atoms with Crippen LogP contribution in [0.3, 0.4) is 0 Å². The van der Waals surface area contributed by atoms with Gasteiger partial charge in [-0.25, -0.2) is 4.79 Å². The number of rotatable bonds is 7. The number of ether oxygens (including phenoxy) is 2. The minimum Gasteiger partial charge on any atom is -0.480 e. The molecule has 0 amide bonds. The Morgan fingerprint density at radius 3 is 2.71 bits per heavy atom. The van der Waals surface area contributed by atoms with Gasteiger partial charge in [0, 0.05) is 0 Å². The molecule has 0 radical (unpaired) electrons. The van der Waals surface area contributed by atoms with Crippen molar-refractivity contribution < 1.29 is 23.8 Å². The quantitative estimate of drug-likeness (QED) is 0.195. The summed E-state index contributed by atoms with van der Waals surface area (Å²) >= 11 is 0. The van der Waals surface area contributed by atoms with E-state index in [0.717, 1.165) is 0 Å². The molecule has 8 nitrogen and oxygen atoms in total. The van der Waals surface area contributed by atoms with Gasteiger partial charge in [0.2, 0.25) is 0 Å². The number of hydrogen-bond acceptors (Lipinski definition) is 7. The molecule has 0 spiro atoms. The summed E-state index contributed by atoms with van der Waals surface area (Å²) in [5.74, 6) is -1.38. The Balaban J connectivity index is 2.96. The monoisotopic (exact) mass is 295 g/mol. The van der Waals surface area contributed by atoms with E-state index in [2.05, 4.69) is 10.2 Å². The third-order valence-corrected chi connectivity index (χ3v) is 2.12. The molecule has 0 fully saturated rings. The molecule has 0 unspecified atom stereocenters. The lowest BCUT2D eigenvalue weighted by molar-refractivity contribution is -0.138. The largest absolute Gasteiger partial charge is 0.480 e. The molecule has 1 rings (SSSR count). The molecule has 1 aromatic rings. The van der Waals surface area contributed by atoms with Crippen LogP contribution in [-0.2, 0) is 14.3 Å². The number of carbonyl (C=O) groups is 1. The van der Waals surface area contributed by atoms with Crippen LogP contribution in [0.5, 0.6) is 0 Å². The zero-order chi connectivity index (χ0) is 15.7. The lowest BCUT2D eigenvalue weighted by atomic mass is 10.2. The van der Waals surface area contributed by atoms with Crippen molar-refractivity contribution in [1.29, 1.82) is 0 Å². The van der Waals surface area contributed by atoms with Crippen LogP contribution in [0.4, 0.5) is 0 Å². The van der Waals surface area contributed by atoms with Crippen LogP contribution in [0.25, 0.3) is 0 Å². The van der Waals surface area contributed by atoms with E-state index >= 15 is 0 Å². The molecule has 0 saturated carbocycles. The zero-order valence-electron chi connectivity index (χ0n) is 11.8. The molecule has 1 aromatic heterocycles. The molecule has 0 aliphatic heterocycles.